The van der Waals surface area contributed by atoms with E-state index in [1.54, 1.807) is 25.3 Å². The molecule has 0 fully saturated rings. The van der Waals surface area contributed by atoms with Crippen molar-refractivity contribution in [3.63, 3.8) is 0 Å². The molecule has 2 aromatic rings. The first kappa shape index (κ1) is 25.6. The van der Waals surface area contributed by atoms with Gasteiger partial charge in [-0.2, -0.15) is 15.1 Å². The quantitative estimate of drug-likeness (QED) is 0.332. The number of thioether (sulfide) groups is 1. The number of para-hydroxylation sites is 2. The van der Waals surface area contributed by atoms with Gasteiger partial charge in [-0.15, -0.1) is 0 Å². The van der Waals surface area contributed by atoms with Crippen LogP contribution in [0.5, 0.6) is 23.0 Å². The third-order valence-corrected chi connectivity index (χ3v) is 6.43. The number of amidine groups is 2. The minimum absolute atomic E-state index is 0.0381. The summed E-state index contributed by atoms with van der Waals surface area (Å²) in [6, 6.07) is 10.7. The van der Waals surface area contributed by atoms with Crippen molar-refractivity contribution in [2.75, 3.05) is 26.9 Å². The van der Waals surface area contributed by atoms with Gasteiger partial charge in [-0.1, -0.05) is 30.7 Å². The van der Waals surface area contributed by atoms with Gasteiger partial charge in [-0.3, -0.25) is 10.2 Å². The second-order valence-electron chi connectivity index (χ2n) is 7.48. The van der Waals surface area contributed by atoms with E-state index < -0.39 is 5.91 Å². The van der Waals surface area contributed by atoms with Crippen molar-refractivity contribution in [1.82, 2.24) is 5.01 Å². The van der Waals surface area contributed by atoms with E-state index in [0.29, 0.717) is 51.8 Å². The zero-order chi connectivity index (χ0) is 25.7. The van der Waals surface area contributed by atoms with E-state index in [9.17, 15) is 4.79 Å². The summed E-state index contributed by atoms with van der Waals surface area (Å²) in [6.45, 7) is 4.65. The topological polar surface area (TPSA) is 106 Å². The number of carbonyl (C=O) groups is 1. The number of benzene rings is 2. The van der Waals surface area contributed by atoms with Gasteiger partial charge in [-0.05, 0) is 61.0 Å². The largest absolute Gasteiger partial charge is 0.493 e. The number of rotatable bonds is 10. The van der Waals surface area contributed by atoms with Crippen LogP contribution in [-0.4, -0.2) is 53.9 Å². The van der Waals surface area contributed by atoms with Crippen molar-refractivity contribution in [1.29, 1.82) is 5.41 Å². The molecular weight excluding hydrogens is 504 g/mol. The van der Waals surface area contributed by atoms with Gasteiger partial charge in [0.25, 0.3) is 5.91 Å². The van der Waals surface area contributed by atoms with Crippen molar-refractivity contribution in [3.05, 3.63) is 52.6 Å². The summed E-state index contributed by atoms with van der Waals surface area (Å²) in [6.07, 6.45) is 2.25. The van der Waals surface area contributed by atoms with E-state index in [-0.39, 0.29) is 24.6 Å². The molecule has 1 amide bonds. The lowest BCUT2D eigenvalue weighted by Gasteiger charge is -2.20. The van der Waals surface area contributed by atoms with Crippen LogP contribution < -0.4 is 18.9 Å². The zero-order valence-corrected chi connectivity index (χ0v) is 21.6. The summed E-state index contributed by atoms with van der Waals surface area (Å²) in [5.41, 5.74) is 0.678. The number of hydrogen-bond donors (Lipinski definition) is 1. The van der Waals surface area contributed by atoms with Crippen molar-refractivity contribution in [3.8, 4) is 23.0 Å². The van der Waals surface area contributed by atoms with Crippen LogP contribution in [0.4, 0.5) is 0 Å². The van der Waals surface area contributed by atoms with Crippen LogP contribution in [0.15, 0.2) is 52.1 Å². The Morgan fingerprint density at radius 1 is 1.08 bits per heavy atom. The van der Waals surface area contributed by atoms with Crippen molar-refractivity contribution in [2.24, 2.45) is 10.1 Å². The molecule has 9 nitrogen and oxygen atoms in total. The third kappa shape index (κ3) is 5.50. The molecule has 2 heterocycles. The Labute approximate surface area is 218 Å². The minimum atomic E-state index is -0.505. The van der Waals surface area contributed by atoms with Gasteiger partial charge in [0.1, 0.15) is 18.3 Å². The monoisotopic (exact) mass is 528 g/mol. The number of amides is 1. The first-order valence-corrected chi connectivity index (χ1v) is 12.5. The third-order valence-electron chi connectivity index (χ3n) is 5.10. The molecule has 1 N–H and O–H groups in total. The van der Waals surface area contributed by atoms with Crippen molar-refractivity contribution >= 4 is 51.4 Å². The van der Waals surface area contributed by atoms with Crippen LogP contribution in [0.2, 0.25) is 5.02 Å². The standard InChI is InChI=1S/C25H25ClN4O5S/c1-4-21-29-30-23(27)16(24(31)28-25(30)36-21)12-15-13-17(26)22(20(14-15)33-5-2)35-11-10-34-19-9-7-6-8-18(19)32-3/h6-9,12-14,27H,4-5,10-11H2,1-3H3/b16-12-,27-23?. The van der Waals surface area contributed by atoms with Gasteiger partial charge in [0.05, 0.1) is 24.3 Å². The number of ether oxygens (including phenoxy) is 4. The van der Waals surface area contributed by atoms with Gasteiger partial charge < -0.3 is 18.9 Å². The van der Waals surface area contributed by atoms with Crippen LogP contribution in [0.25, 0.3) is 6.08 Å². The van der Waals surface area contributed by atoms with E-state index in [0.717, 1.165) is 5.04 Å². The van der Waals surface area contributed by atoms with Crippen LogP contribution >= 0.6 is 23.4 Å². The lowest BCUT2D eigenvalue weighted by molar-refractivity contribution is -0.114. The Morgan fingerprint density at radius 3 is 2.56 bits per heavy atom. The van der Waals surface area contributed by atoms with Gasteiger partial charge in [0, 0.05) is 0 Å². The molecule has 188 valence electrons. The van der Waals surface area contributed by atoms with E-state index in [1.165, 1.54) is 16.8 Å². The molecule has 0 aromatic heterocycles. The average Bonchev–Trinajstić information content (AvgIpc) is 3.29. The fourth-order valence-corrected chi connectivity index (χ4v) is 4.55. The number of hydrogen-bond acceptors (Lipinski definition) is 8. The SMILES string of the molecule is CCOc1cc(/C=C2/C(=N)N3N=C(CC)SC3=NC2=O)cc(Cl)c1OCCOc1ccccc1OC. The molecule has 2 aliphatic heterocycles. The fourth-order valence-electron chi connectivity index (χ4n) is 3.45. The van der Waals surface area contributed by atoms with Gasteiger partial charge in [-0.25, -0.2) is 0 Å². The van der Waals surface area contributed by atoms with E-state index in [4.69, 9.17) is 36.0 Å². The molecule has 2 aromatic carbocycles. The van der Waals surface area contributed by atoms with Crippen LogP contribution in [0.1, 0.15) is 25.8 Å². The maximum Gasteiger partial charge on any atom is 0.283 e. The van der Waals surface area contributed by atoms with Crippen molar-refractivity contribution < 1.29 is 23.7 Å². The molecule has 11 heteroatoms. The van der Waals surface area contributed by atoms with E-state index >= 15 is 0 Å². The predicted octanol–water partition coefficient (Wildman–Crippen LogP) is 5.23. The van der Waals surface area contributed by atoms with Gasteiger partial charge in [0.15, 0.2) is 28.8 Å². The molecule has 0 spiro atoms. The molecule has 0 saturated carbocycles. The molecule has 4 rings (SSSR count). The Bertz CT molecular complexity index is 1280. The summed E-state index contributed by atoms with van der Waals surface area (Å²) < 4.78 is 22.7. The summed E-state index contributed by atoms with van der Waals surface area (Å²) in [7, 11) is 1.58. The Kier molecular flexibility index (Phi) is 8.17. The predicted molar refractivity (Wildman–Crippen MR) is 142 cm³/mol. The minimum Gasteiger partial charge on any atom is -0.493 e. The summed E-state index contributed by atoms with van der Waals surface area (Å²) in [5, 5.41) is 15.7. The molecule has 36 heavy (non-hydrogen) atoms. The number of carbonyl (C=O) groups excluding carboxylic acids is 1. The normalized spacial score (nSPS) is 16.0. The smallest absolute Gasteiger partial charge is 0.283 e. The van der Waals surface area contributed by atoms with Crippen LogP contribution in [0, 0.1) is 5.41 Å². The van der Waals surface area contributed by atoms with Gasteiger partial charge >= 0.3 is 0 Å². The Morgan fingerprint density at radius 2 is 1.83 bits per heavy atom. The maximum atomic E-state index is 12.6. The number of halogens is 1. The van der Waals surface area contributed by atoms with Crippen molar-refractivity contribution in [2.45, 2.75) is 20.3 Å². The molecule has 0 aliphatic carbocycles. The molecule has 0 radical (unpaired) electrons. The average molecular weight is 529 g/mol. The van der Waals surface area contributed by atoms with Gasteiger partial charge in [0.2, 0.25) is 5.17 Å². The second-order valence-corrected chi connectivity index (χ2v) is 8.93. The number of hydrazone groups is 1. The molecule has 0 saturated heterocycles. The molecule has 0 atom stereocenters. The number of nitrogens with one attached hydrogen (secondary N) is 1. The Hall–Kier alpha value is -3.50. The fraction of sp³-hybridized carbons (Fsp3) is 0.280. The summed E-state index contributed by atoms with van der Waals surface area (Å²) in [4.78, 5) is 16.7. The zero-order valence-electron chi connectivity index (χ0n) is 20.0. The molecule has 0 unspecified atom stereocenters. The molecular formula is C25H25ClN4O5S. The van der Waals surface area contributed by atoms with E-state index in [2.05, 4.69) is 10.1 Å². The highest BCUT2D eigenvalue weighted by atomic mass is 35.5. The molecule has 2 aliphatic rings. The summed E-state index contributed by atoms with van der Waals surface area (Å²) >= 11 is 7.83. The highest BCUT2D eigenvalue weighted by Crippen LogP contribution is 2.38. The van der Waals surface area contributed by atoms with E-state index in [1.807, 2.05) is 38.1 Å². The van der Waals surface area contributed by atoms with Crippen LogP contribution in [-0.2, 0) is 4.79 Å². The number of methoxy groups -OCH3 is 1. The summed E-state index contributed by atoms with van der Waals surface area (Å²) in [5.74, 6) is 1.47. The first-order chi connectivity index (χ1) is 17.4. The highest BCUT2D eigenvalue weighted by molar-refractivity contribution is 8.26. The highest BCUT2D eigenvalue weighted by Gasteiger charge is 2.35. The van der Waals surface area contributed by atoms with Crippen LogP contribution in [0.3, 0.4) is 0 Å². The first-order valence-electron chi connectivity index (χ1n) is 11.3. The second kappa shape index (κ2) is 11.5. The molecule has 0 bridgehead atoms. The number of nitrogens with zero attached hydrogens (tertiary/aromatic N) is 3. The lowest BCUT2D eigenvalue weighted by atomic mass is 10.1. The number of aliphatic imine (C=N–C) groups is 1. The lowest BCUT2D eigenvalue weighted by Crippen LogP contribution is -2.35. The number of fused-ring (bicyclic) bond motifs is 1. The Balaban J connectivity index is 1.51. The maximum absolute atomic E-state index is 12.6.